The Kier molecular flexibility index (Phi) is 4.97. The zero-order chi connectivity index (χ0) is 22.6. The molecule has 5 rings (SSSR count). The zero-order valence-electron chi connectivity index (χ0n) is 18.7. The third-order valence-corrected chi connectivity index (χ3v) is 6.24. The van der Waals surface area contributed by atoms with Gasteiger partial charge in [-0.25, -0.2) is 9.37 Å². The smallest absolute Gasteiger partial charge is 0.257 e. The lowest BCUT2D eigenvalue weighted by Crippen LogP contribution is -2.41. The molecule has 1 saturated heterocycles. The van der Waals surface area contributed by atoms with Gasteiger partial charge in [0.2, 0.25) is 0 Å². The first kappa shape index (κ1) is 20.6. The Morgan fingerprint density at radius 3 is 2.69 bits per heavy atom. The van der Waals surface area contributed by atoms with E-state index in [1.807, 2.05) is 19.3 Å². The first-order valence-electron chi connectivity index (χ1n) is 11.0. The number of aromatic nitrogens is 4. The van der Waals surface area contributed by atoms with Crippen LogP contribution in [0.15, 0.2) is 36.8 Å². The Bertz CT molecular complexity index is 1330. The van der Waals surface area contributed by atoms with Crippen LogP contribution in [0.2, 0.25) is 0 Å². The van der Waals surface area contributed by atoms with Gasteiger partial charge in [0.15, 0.2) is 11.5 Å². The van der Waals surface area contributed by atoms with E-state index in [1.165, 1.54) is 11.6 Å². The fourth-order valence-corrected chi connectivity index (χ4v) is 5.05. The number of carbonyl (C=O) groups is 1. The van der Waals surface area contributed by atoms with E-state index >= 15 is 0 Å². The number of hydrogen-bond donors (Lipinski definition) is 2. The number of pyridine rings is 1. The molecule has 1 aromatic carbocycles. The van der Waals surface area contributed by atoms with Crippen molar-refractivity contribution in [1.82, 2.24) is 24.5 Å². The standard InChI is InChI=1S/C24H27FN6O/c1-13-7-16(8-14(2)26-13)18-5-6-19(22-20(18)12-30(4)29-22)24(32)28-17-9-21(25)23-27-15(3)10-31(23)11-17/h5-6,9-14,16,26H,7-8H2,1-4H3,(H,28,32). The molecule has 7 nitrogen and oxygen atoms in total. The number of rotatable bonds is 3. The van der Waals surface area contributed by atoms with Crippen LogP contribution < -0.4 is 10.6 Å². The molecule has 166 valence electrons. The number of piperidine rings is 1. The molecule has 0 spiro atoms. The fraction of sp³-hybridized carbons (Fsp3) is 0.375. The van der Waals surface area contributed by atoms with Crippen molar-refractivity contribution < 1.29 is 9.18 Å². The minimum Gasteiger partial charge on any atom is -0.320 e. The molecule has 2 atom stereocenters. The monoisotopic (exact) mass is 434 g/mol. The number of halogens is 1. The molecule has 8 heteroatoms. The van der Waals surface area contributed by atoms with E-state index in [-0.39, 0.29) is 11.6 Å². The number of aryl methyl sites for hydroxylation is 2. The van der Waals surface area contributed by atoms with Gasteiger partial charge in [0.25, 0.3) is 5.91 Å². The molecule has 1 aliphatic heterocycles. The highest BCUT2D eigenvalue weighted by Gasteiger charge is 2.27. The number of imidazole rings is 1. The average molecular weight is 435 g/mol. The van der Waals surface area contributed by atoms with E-state index in [2.05, 4.69) is 40.6 Å². The normalized spacial score (nSPS) is 21.3. The number of benzene rings is 1. The van der Waals surface area contributed by atoms with Crippen molar-refractivity contribution in [2.24, 2.45) is 7.05 Å². The molecule has 0 bridgehead atoms. The van der Waals surface area contributed by atoms with Crippen molar-refractivity contribution >= 4 is 28.1 Å². The summed E-state index contributed by atoms with van der Waals surface area (Å²) in [5, 5.41) is 12.0. The summed E-state index contributed by atoms with van der Waals surface area (Å²) in [6.45, 7) is 6.22. The number of amides is 1. The van der Waals surface area contributed by atoms with Crippen molar-refractivity contribution in [3.05, 3.63) is 59.4 Å². The zero-order valence-corrected chi connectivity index (χ0v) is 18.7. The summed E-state index contributed by atoms with van der Waals surface area (Å²) in [6.07, 6.45) is 7.46. The van der Waals surface area contributed by atoms with Gasteiger partial charge in [-0.05, 0) is 51.2 Å². The minimum atomic E-state index is -0.483. The van der Waals surface area contributed by atoms with Gasteiger partial charge < -0.3 is 15.0 Å². The van der Waals surface area contributed by atoms with E-state index < -0.39 is 5.82 Å². The highest BCUT2D eigenvalue weighted by Crippen LogP contribution is 2.35. The van der Waals surface area contributed by atoms with Gasteiger partial charge in [-0.1, -0.05) is 6.07 Å². The molecule has 3 aromatic heterocycles. The van der Waals surface area contributed by atoms with Crippen LogP contribution in [0.3, 0.4) is 0 Å². The second kappa shape index (κ2) is 7.70. The van der Waals surface area contributed by atoms with Crippen LogP contribution >= 0.6 is 0 Å². The molecular weight excluding hydrogens is 407 g/mol. The largest absolute Gasteiger partial charge is 0.320 e. The Morgan fingerprint density at radius 1 is 1.19 bits per heavy atom. The van der Waals surface area contributed by atoms with Crippen LogP contribution in [0, 0.1) is 12.7 Å². The summed E-state index contributed by atoms with van der Waals surface area (Å²) in [4.78, 5) is 17.3. The van der Waals surface area contributed by atoms with Gasteiger partial charge in [-0.3, -0.25) is 9.48 Å². The van der Waals surface area contributed by atoms with Gasteiger partial charge >= 0.3 is 0 Å². The molecule has 4 aromatic rings. The quantitative estimate of drug-likeness (QED) is 0.508. The van der Waals surface area contributed by atoms with Crippen molar-refractivity contribution in [3.8, 4) is 0 Å². The highest BCUT2D eigenvalue weighted by molar-refractivity contribution is 6.12. The number of anilines is 1. The highest BCUT2D eigenvalue weighted by atomic mass is 19.1. The lowest BCUT2D eigenvalue weighted by molar-refractivity contribution is 0.102. The molecule has 32 heavy (non-hydrogen) atoms. The van der Waals surface area contributed by atoms with E-state index in [4.69, 9.17) is 0 Å². The van der Waals surface area contributed by atoms with Crippen LogP contribution in [0.5, 0.6) is 0 Å². The third kappa shape index (κ3) is 3.64. The van der Waals surface area contributed by atoms with Crippen LogP contribution in [-0.2, 0) is 7.05 Å². The van der Waals surface area contributed by atoms with Crippen LogP contribution in [0.4, 0.5) is 10.1 Å². The van der Waals surface area contributed by atoms with Crippen molar-refractivity contribution in [3.63, 3.8) is 0 Å². The van der Waals surface area contributed by atoms with Gasteiger partial charge in [0.05, 0.1) is 16.9 Å². The molecular formula is C24H27FN6O. The predicted molar refractivity (Wildman–Crippen MR) is 123 cm³/mol. The molecule has 2 N–H and O–H groups in total. The number of carbonyl (C=O) groups excluding carboxylic acids is 1. The SMILES string of the molecule is Cc1cn2cc(NC(=O)c3ccc(C4CC(C)NC(C)C4)c4cn(C)nc34)cc(F)c2n1. The Morgan fingerprint density at radius 2 is 1.94 bits per heavy atom. The van der Waals surface area contributed by atoms with Crippen LogP contribution in [-0.4, -0.2) is 37.2 Å². The topological polar surface area (TPSA) is 76.2 Å². The minimum absolute atomic E-state index is 0.238. The lowest BCUT2D eigenvalue weighted by atomic mass is 9.82. The molecule has 1 aliphatic rings. The first-order valence-corrected chi connectivity index (χ1v) is 11.0. The molecule has 2 unspecified atom stereocenters. The molecule has 4 heterocycles. The van der Waals surface area contributed by atoms with Crippen molar-refractivity contribution in [2.45, 2.75) is 51.6 Å². The summed E-state index contributed by atoms with van der Waals surface area (Å²) < 4.78 is 17.8. The van der Waals surface area contributed by atoms with E-state index in [0.717, 1.165) is 18.2 Å². The Balaban J connectivity index is 1.50. The number of nitrogens with zero attached hydrogens (tertiary/aromatic N) is 4. The molecule has 0 radical (unpaired) electrons. The maximum atomic E-state index is 14.4. The van der Waals surface area contributed by atoms with Gasteiger partial charge in [-0.2, -0.15) is 5.10 Å². The lowest BCUT2D eigenvalue weighted by Gasteiger charge is -2.33. The number of fused-ring (bicyclic) bond motifs is 2. The number of nitrogens with one attached hydrogen (secondary N) is 2. The molecule has 0 saturated carbocycles. The van der Waals surface area contributed by atoms with E-state index in [9.17, 15) is 9.18 Å². The van der Waals surface area contributed by atoms with Gasteiger partial charge in [-0.15, -0.1) is 0 Å². The van der Waals surface area contributed by atoms with Gasteiger partial charge in [0.1, 0.15) is 5.52 Å². The van der Waals surface area contributed by atoms with Crippen LogP contribution in [0.25, 0.3) is 16.6 Å². The summed E-state index contributed by atoms with van der Waals surface area (Å²) in [5.41, 5.74) is 3.68. The first-order chi connectivity index (χ1) is 15.3. The third-order valence-electron chi connectivity index (χ3n) is 6.24. The fourth-order valence-electron chi connectivity index (χ4n) is 5.05. The van der Waals surface area contributed by atoms with E-state index in [1.54, 1.807) is 28.4 Å². The second-order valence-corrected chi connectivity index (χ2v) is 9.05. The summed E-state index contributed by atoms with van der Waals surface area (Å²) in [7, 11) is 1.86. The maximum absolute atomic E-state index is 14.4. The summed E-state index contributed by atoms with van der Waals surface area (Å²) >= 11 is 0. The predicted octanol–water partition coefficient (Wildman–Crippen LogP) is 4.16. The average Bonchev–Trinajstić information content (AvgIpc) is 3.28. The number of hydrogen-bond acceptors (Lipinski definition) is 4. The summed E-state index contributed by atoms with van der Waals surface area (Å²) in [6, 6.07) is 6.07. The molecule has 1 amide bonds. The Hall–Kier alpha value is -3.26. The van der Waals surface area contributed by atoms with Crippen molar-refractivity contribution in [2.75, 3.05) is 5.32 Å². The Labute approximate surface area is 185 Å². The summed E-state index contributed by atoms with van der Waals surface area (Å²) in [5.74, 6) is -0.391. The maximum Gasteiger partial charge on any atom is 0.257 e. The molecule has 1 fully saturated rings. The second-order valence-electron chi connectivity index (χ2n) is 9.05. The van der Waals surface area contributed by atoms with Gasteiger partial charge in [0, 0.05) is 49.2 Å². The molecule has 0 aliphatic carbocycles. The van der Waals surface area contributed by atoms with Crippen molar-refractivity contribution in [1.29, 1.82) is 0 Å². The van der Waals surface area contributed by atoms with Crippen LogP contribution in [0.1, 0.15) is 54.2 Å². The van der Waals surface area contributed by atoms with E-state index in [0.29, 0.717) is 40.5 Å².